The highest BCUT2D eigenvalue weighted by Crippen LogP contribution is 2.18. The first-order valence-corrected chi connectivity index (χ1v) is 7.72. The second-order valence-electron chi connectivity index (χ2n) is 6.16. The molecule has 0 bridgehead atoms. The topological polar surface area (TPSA) is 95.1 Å². The van der Waals surface area contributed by atoms with Crippen LogP contribution in [0.3, 0.4) is 0 Å². The Morgan fingerprint density at radius 1 is 1.45 bits per heavy atom. The molecule has 0 aliphatic heterocycles. The monoisotopic (exact) mass is 309 g/mol. The minimum Gasteiger partial charge on any atom is -0.388 e. The SMILES string of the molecule is CCC(C)C(C)(O)CNC(=O)CCc1c(C)nc(C)[nH]c1=O. The van der Waals surface area contributed by atoms with Crippen molar-refractivity contribution in [3.63, 3.8) is 0 Å². The van der Waals surface area contributed by atoms with Gasteiger partial charge in [-0.3, -0.25) is 9.59 Å². The van der Waals surface area contributed by atoms with Gasteiger partial charge in [0.25, 0.3) is 5.56 Å². The highest BCUT2D eigenvalue weighted by atomic mass is 16.3. The van der Waals surface area contributed by atoms with Crippen LogP contribution in [0.2, 0.25) is 0 Å². The average molecular weight is 309 g/mol. The Kier molecular flexibility index (Phi) is 6.29. The summed E-state index contributed by atoms with van der Waals surface area (Å²) in [6.45, 7) is 9.38. The Hall–Kier alpha value is -1.69. The van der Waals surface area contributed by atoms with E-state index in [-0.39, 0.29) is 30.3 Å². The van der Waals surface area contributed by atoms with Crippen molar-refractivity contribution in [3.05, 3.63) is 27.4 Å². The largest absolute Gasteiger partial charge is 0.388 e. The molecule has 6 heteroatoms. The Balaban J connectivity index is 2.56. The van der Waals surface area contributed by atoms with Gasteiger partial charge in [0.15, 0.2) is 0 Å². The zero-order chi connectivity index (χ0) is 16.9. The standard InChI is InChI=1S/C16H27N3O3/c1-6-10(2)16(5,22)9-17-14(20)8-7-13-11(3)18-12(4)19-15(13)21/h10,22H,6-9H2,1-5H3,(H,17,20)(H,18,19,21). The highest BCUT2D eigenvalue weighted by molar-refractivity contribution is 5.76. The van der Waals surface area contributed by atoms with Crippen molar-refractivity contribution < 1.29 is 9.90 Å². The maximum Gasteiger partial charge on any atom is 0.254 e. The number of rotatable bonds is 7. The number of H-pyrrole nitrogens is 1. The van der Waals surface area contributed by atoms with Gasteiger partial charge in [-0.1, -0.05) is 20.3 Å². The third-order valence-corrected chi connectivity index (χ3v) is 4.26. The number of aryl methyl sites for hydroxylation is 2. The fraction of sp³-hybridized carbons (Fsp3) is 0.688. The number of hydrogen-bond acceptors (Lipinski definition) is 4. The van der Waals surface area contributed by atoms with E-state index in [2.05, 4.69) is 15.3 Å². The van der Waals surface area contributed by atoms with E-state index in [4.69, 9.17) is 0 Å². The summed E-state index contributed by atoms with van der Waals surface area (Å²) in [5, 5.41) is 13.0. The molecule has 124 valence electrons. The van der Waals surface area contributed by atoms with Crippen molar-refractivity contribution >= 4 is 5.91 Å². The van der Waals surface area contributed by atoms with Gasteiger partial charge in [-0.05, 0) is 33.1 Å². The van der Waals surface area contributed by atoms with Crippen LogP contribution < -0.4 is 10.9 Å². The molecule has 0 aromatic carbocycles. The van der Waals surface area contributed by atoms with E-state index in [0.29, 0.717) is 23.5 Å². The molecule has 1 amide bonds. The van der Waals surface area contributed by atoms with Crippen molar-refractivity contribution in [1.82, 2.24) is 15.3 Å². The number of carbonyl (C=O) groups excluding carboxylic acids is 1. The van der Waals surface area contributed by atoms with E-state index in [9.17, 15) is 14.7 Å². The van der Waals surface area contributed by atoms with Gasteiger partial charge in [0, 0.05) is 24.2 Å². The van der Waals surface area contributed by atoms with Gasteiger partial charge >= 0.3 is 0 Å². The van der Waals surface area contributed by atoms with Crippen LogP contribution >= 0.6 is 0 Å². The normalized spacial score (nSPS) is 15.2. The van der Waals surface area contributed by atoms with Crippen LogP contribution in [0.15, 0.2) is 4.79 Å². The number of aromatic amines is 1. The lowest BCUT2D eigenvalue weighted by molar-refractivity contribution is -0.122. The molecule has 22 heavy (non-hydrogen) atoms. The quantitative estimate of drug-likeness (QED) is 0.706. The molecule has 0 radical (unpaired) electrons. The van der Waals surface area contributed by atoms with E-state index in [1.807, 2.05) is 13.8 Å². The van der Waals surface area contributed by atoms with Crippen LogP contribution in [-0.2, 0) is 11.2 Å². The zero-order valence-electron chi connectivity index (χ0n) is 14.1. The average Bonchev–Trinajstić information content (AvgIpc) is 2.43. The van der Waals surface area contributed by atoms with Gasteiger partial charge in [0.2, 0.25) is 5.91 Å². The Labute approximate surface area is 131 Å². The van der Waals surface area contributed by atoms with E-state index >= 15 is 0 Å². The van der Waals surface area contributed by atoms with Crippen LogP contribution in [0.1, 0.15) is 50.7 Å². The van der Waals surface area contributed by atoms with E-state index in [0.717, 1.165) is 6.42 Å². The first-order valence-electron chi connectivity index (χ1n) is 7.72. The predicted molar refractivity (Wildman–Crippen MR) is 85.7 cm³/mol. The molecule has 6 nitrogen and oxygen atoms in total. The predicted octanol–water partition coefficient (Wildman–Crippen LogP) is 1.23. The van der Waals surface area contributed by atoms with Crippen molar-refractivity contribution in [2.45, 2.75) is 59.5 Å². The molecule has 0 aliphatic carbocycles. The zero-order valence-corrected chi connectivity index (χ0v) is 14.1. The lowest BCUT2D eigenvalue weighted by Gasteiger charge is -2.29. The summed E-state index contributed by atoms with van der Waals surface area (Å²) in [7, 11) is 0. The molecule has 1 aromatic rings. The second kappa shape index (κ2) is 7.54. The fourth-order valence-electron chi connectivity index (χ4n) is 2.26. The molecular weight excluding hydrogens is 282 g/mol. The summed E-state index contributed by atoms with van der Waals surface area (Å²) in [5.74, 6) is 0.488. The summed E-state index contributed by atoms with van der Waals surface area (Å²) in [6, 6.07) is 0. The Morgan fingerprint density at radius 3 is 2.64 bits per heavy atom. The van der Waals surface area contributed by atoms with Gasteiger partial charge in [-0.15, -0.1) is 0 Å². The number of aromatic nitrogens is 2. The van der Waals surface area contributed by atoms with E-state index in [1.54, 1.807) is 20.8 Å². The van der Waals surface area contributed by atoms with E-state index < -0.39 is 5.60 Å². The molecule has 1 heterocycles. The Morgan fingerprint density at radius 2 is 2.09 bits per heavy atom. The minimum absolute atomic E-state index is 0.0965. The number of aliphatic hydroxyl groups is 1. The highest BCUT2D eigenvalue weighted by Gasteiger charge is 2.27. The number of carbonyl (C=O) groups is 1. The van der Waals surface area contributed by atoms with Gasteiger partial charge in [-0.2, -0.15) is 0 Å². The van der Waals surface area contributed by atoms with Crippen molar-refractivity contribution in [3.8, 4) is 0 Å². The smallest absolute Gasteiger partial charge is 0.254 e. The van der Waals surface area contributed by atoms with Crippen LogP contribution in [0, 0.1) is 19.8 Å². The molecule has 1 aromatic heterocycles. The van der Waals surface area contributed by atoms with Crippen molar-refractivity contribution in [2.24, 2.45) is 5.92 Å². The summed E-state index contributed by atoms with van der Waals surface area (Å²) in [6.07, 6.45) is 1.38. The number of nitrogens with zero attached hydrogens (tertiary/aromatic N) is 1. The lowest BCUT2D eigenvalue weighted by atomic mass is 9.88. The Bertz CT molecular complexity index is 578. The van der Waals surface area contributed by atoms with Crippen LogP contribution in [0.25, 0.3) is 0 Å². The van der Waals surface area contributed by atoms with Gasteiger partial charge in [0.05, 0.1) is 5.60 Å². The maximum atomic E-state index is 11.9. The molecule has 3 N–H and O–H groups in total. The first kappa shape index (κ1) is 18.4. The molecule has 0 saturated heterocycles. The first-order chi connectivity index (χ1) is 10.2. The van der Waals surface area contributed by atoms with Crippen molar-refractivity contribution in [2.75, 3.05) is 6.54 Å². The molecule has 0 fully saturated rings. The molecule has 2 unspecified atom stereocenters. The molecule has 2 atom stereocenters. The number of nitrogens with one attached hydrogen (secondary N) is 2. The molecule has 0 spiro atoms. The summed E-state index contributed by atoms with van der Waals surface area (Å²) >= 11 is 0. The molecule has 1 rings (SSSR count). The number of hydrogen-bond donors (Lipinski definition) is 3. The van der Waals surface area contributed by atoms with Gasteiger partial charge < -0.3 is 15.4 Å². The number of amides is 1. The fourth-order valence-corrected chi connectivity index (χ4v) is 2.26. The summed E-state index contributed by atoms with van der Waals surface area (Å²) in [5.41, 5.74) is 0.0722. The van der Waals surface area contributed by atoms with Crippen molar-refractivity contribution in [1.29, 1.82) is 0 Å². The lowest BCUT2D eigenvalue weighted by Crippen LogP contribution is -2.45. The molecule has 0 aliphatic rings. The van der Waals surface area contributed by atoms with Crippen LogP contribution in [-0.4, -0.2) is 33.1 Å². The third-order valence-electron chi connectivity index (χ3n) is 4.26. The summed E-state index contributed by atoms with van der Waals surface area (Å²) < 4.78 is 0. The van der Waals surface area contributed by atoms with Gasteiger partial charge in [0.1, 0.15) is 5.82 Å². The molecular formula is C16H27N3O3. The maximum absolute atomic E-state index is 11.9. The second-order valence-corrected chi connectivity index (χ2v) is 6.16. The van der Waals surface area contributed by atoms with Crippen LogP contribution in [0.5, 0.6) is 0 Å². The van der Waals surface area contributed by atoms with Gasteiger partial charge in [-0.25, -0.2) is 4.98 Å². The van der Waals surface area contributed by atoms with E-state index in [1.165, 1.54) is 0 Å². The minimum atomic E-state index is -0.927. The molecule has 0 saturated carbocycles. The summed E-state index contributed by atoms with van der Waals surface area (Å²) in [4.78, 5) is 30.6. The van der Waals surface area contributed by atoms with Crippen LogP contribution in [0.4, 0.5) is 0 Å². The third kappa shape index (κ3) is 4.94.